The average molecular weight is 386 g/mol. The second-order valence-electron chi connectivity index (χ2n) is 6.27. The van der Waals surface area contributed by atoms with E-state index in [4.69, 9.17) is 23.2 Å². The van der Waals surface area contributed by atoms with Crippen LogP contribution in [0.5, 0.6) is 0 Å². The van der Waals surface area contributed by atoms with Gasteiger partial charge in [-0.2, -0.15) is 0 Å². The summed E-state index contributed by atoms with van der Waals surface area (Å²) in [5.74, 6) is 0.203. The van der Waals surface area contributed by atoms with Gasteiger partial charge in [-0.1, -0.05) is 23.2 Å². The Labute approximate surface area is 159 Å². The minimum atomic E-state index is -0.190. The van der Waals surface area contributed by atoms with Crippen LogP contribution in [0.25, 0.3) is 0 Å². The molecular formula is C18H25Cl2N3O2. The van der Waals surface area contributed by atoms with E-state index < -0.39 is 0 Å². The summed E-state index contributed by atoms with van der Waals surface area (Å²) in [6, 6.07) is 3.19. The monoisotopic (exact) mass is 385 g/mol. The molecule has 0 unspecified atom stereocenters. The summed E-state index contributed by atoms with van der Waals surface area (Å²) in [6.07, 6.45) is 1.39. The molecule has 1 aliphatic heterocycles. The molecule has 25 heavy (non-hydrogen) atoms. The third-order valence-corrected chi connectivity index (χ3v) is 5.52. The van der Waals surface area contributed by atoms with Crippen LogP contribution in [0.3, 0.4) is 0 Å². The van der Waals surface area contributed by atoms with Crippen molar-refractivity contribution in [2.45, 2.75) is 33.6 Å². The Bertz CT molecular complexity index is 616. The number of carbonyl (C=O) groups excluding carboxylic acids is 2. The number of halogens is 2. The predicted molar refractivity (Wildman–Crippen MR) is 102 cm³/mol. The first-order chi connectivity index (χ1) is 11.9. The molecule has 0 bridgehead atoms. The molecule has 0 saturated carbocycles. The Hall–Kier alpha value is -1.46. The number of piperidine rings is 1. The fraction of sp³-hybridized carbons (Fsp3) is 0.556. The molecule has 1 saturated heterocycles. The Morgan fingerprint density at radius 2 is 1.68 bits per heavy atom. The molecule has 1 aliphatic rings. The first-order valence-corrected chi connectivity index (χ1v) is 9.43. The molecule has 1 aromatic rings. The molecule has 5 nitrogen and oxygen atoms in total. The van der Waals surface area contributed by atoms with E-state index in [0.717, 1.165) is 18.7 Å². The number of nitrogens with one attached hydrogen (secondary N) is 1. The SMILES string of the molecule is CCN(CC)C(=O)C1CCN(C(=O)Nc2cc(Cl)c(C)c(Cl)c2)CC1. The first-order valence-electron chi connectivity index (χ1n) is 8.67. The van der Waals surface area contributed by atoms with E-state index >= 15 is 0 Å². The molecule has 0 spiro atoms. The number of hydrogen-bond donors (Lipinski definition) is 1. The molecule has 1 aromatic carbocycles. The average Bonchev–Trinajstić information content (AvgIpc) is 2.60. The summed E-state index contributed by atoms with van der Waals surface area (Å²) in [7, 11) is 0. The number of rotatable bonds is 4. The zero-order valence-electron chi connectivity index (χ0n) is 14.9. The molecule has 1 N–H and O–H groups in total. The van der Waals surface area contributed by atoms with E-state index in [-0.39, 0.29) is 17.9 Å². The van der Waals surface area contributed by atoms with E-state index in [1.165, 1.54) is 0 Å². The molecular weight excluding hydrogens is 361 g/mol. The number of anilines is 1. The van der Waals surface area contributed by atoms with Crippen molar-refractivity contribution in [2.75, 3.05) is 31.5 Å². The van der Waals surface area contributed by atoms with Gasteiger partial charge in [-0.05, 0) is 51.3 Å². The first kappa shape index (κ1) is 19.9. The summed E-state index contributed by atoms with van der Waals surface area (Å²) < 4.78 is 0. The molecule has 0 aromatic heterocycles. The van der Waals surface area contributed by atoms with Crippen LogP contribution in [0, 0.1) is 12.8 Å². The summed E-state index contributed by atoms with van der Waals surface area (Å²) in [5.41, 5.74) is 1.36. The summed E-state index contributed by atoms with van der Waals surface area (Å²) in [5, 5.41) is 3.87. The molecule has 0 aliphatic carbocycles. The van der Waals surface area contributed by atoms with Gasteiger partial charge in [0.25, 0.3) is 0 Å². The number of likely N-dealkylation sites (tertiary alicyclic amines) is 1. The van der Waals surface area contributed by atoms with Crippen molar-refractivity contribution < 1.29 is 9.59 Å². The van der Waals surface area contributed by atoms with Crippen LogP contribution in [0.4, 0.5) is 10.5 Å². The maximum atomic E-state index is 12.4. The topological polar surface area (TPSA) is 52.7 Å². The lowest BCUT2D eigenvalue weighted by molar-refractivity contribution is -0.136. The highest BCUT2D eigenvalue weighted by atomic mass is 35.5. The Balaban J connectivity index is 1.92. The van der Waals surface area contributed by atoms with Crippen LogP contribution in [-0.4, -0.2) is 47.9 Å². The van der Waals surface area contributed by atoms with Gasteiger partial charge in [0.2, 0.25) is 5.91 Å². The van der Waals surface area contributed by atoms with Gasteiger partial charge < -0.3 is 15.1 Å². The molecule has 3 amide bonds. The highest BCUT2D eigenvalue weighted by Crippen LogP contribution is 2.28. The maximum Gasteiger partial charge on any atom is 0.321 e. The van der Waals surface area contributed by atoms with Gasteiger partial charge in [-0.3, -0.25) is 4.79 Å². The van der Waals surface area contributed by atoms with Gasteiger partial charge in [0, 0.05) is 47.8 Å². The number of carbonyl (C=O) groups is 2. The van der Waals surface area contributed by atoms with Crippen molar-refractivity contribution in [1.29, 1.82) is 0 Å². The third kappa shape index (κ3) is 4.79. The standard InChI is InChI=1S/C18H25Cl2N3O2/c1-4-22(5-2)17(24)13-6-8-23(9-7-13)18(25)21-14-10-15(19)12(3)16(20)11-14/h10-11,13H,4-9H2,1-3H3,(H,21,25). The van der Waals surface area contributed by atoms with Crippen molar-refractivity contribution in [1.82, 2.24) is 9.80 Å². The van der Waals surface area contributed by atoms with Gasteiger partial charge >= 0.3 is 6.03 Å². The number of amides is 3. The lowest BCUT2D eigenvalue weighted by Crippen LogP contribution is -2.45. The number of benzene rings is 1. The van der Waals surface area contributed by atoms with Crippen LogP contribution in [0.2, 0.25) is 10.0 Å². The van der Waals surface area contributed by atoms with Crippen molar-refractivity contribution in [3.05, 3.63) is 27.7 Å². The zero-order chi connectivity index (χ0) is 18.6. The Morgan fingerprint density at radius 1 is 1.16 bits per heavy atom. The lowest BCUT2D eigenvalue weighted by Gasteiger charge is -2.33. The van der Waals surface area contributed by atoms with Gasteiger partial charge in [-0.25, -0.2) is 4.79 Å². The van der Waals surface area contributed by atoms with Gasteiger partial charge in [0.15, 0.2) is 0 Å². The minimum Gasteiger partial charge on any atom is -0.343 e. The Kier molecular flexibility index (Phi) is 6.96. The highest BCUT2D eigenvalue weighted by molar-refractivity contribution is 6.36. The van der Waals surface area contributed by atoms with E-state index in [9.17, 15) is 9.59 Å². The number of nitrogens with zero attached hydrogens (tertiary/aromatic N) is 2. The van der Waals surface area contributed by atoms with Crippen LogP contribution >= 0.6 is 23.2 Å². The second kappa shape index (κ2) is 8.77. The fourth-order valence-electron chi connectivity index (χ4n) is 3.04. The minimum absolute atomic E-state index is 0.00668. The van der Waals surface area contributed by atoms with Crippen molar-refractivity contribution >= 4 is 40.8 Å². The summed E-state index contributed by atoms with van der Waals surface area (Å²) in [4.78, 5) is 28.4. The molecule has 7 heteroatoms. The zero-order valence-corrected chi connectivity index (χ0v) is 16.5. The van der Waals surface area contributed by atoms with E-state index in [1.807, 2.05) is 25.7 Å². The summed E-state index contributed by atoms with van der Waals surface area (Å²) in [6.45, 7) is 8.39. The fourth-order valence-corrected chi connectivity index (χ4v) is 3.53. The Morgan fingerprint density at radius 3 is 2.16 bits per heavy atom. The van der Waals surface area contributed by atoms with Gasteiger partial charge in [-0.15, -0.1) is 0 Å². The molecule has 2 rings (SSSR count). The van der Waals surface area contributed by atoms with Gasteiger partial charge in [0.05, 0.1) is 0 Å². The van der Waals surface area contributed by atoms with E-state index in [2.05, 4.69) is 5.32 Å². The van der Waals surface area contributed by atoms with Crippen LogP contribution in [0.1, 0.15) is 32.3 Å². The molecule has 1 heterocycles. The van der Waals surface area contributed by atoms with Crippen molar-refractivity contribution in [2.24, 2.45) is 5.92 Å². The molecule has 1 fully saturated rings. The third-order valence-electron chi connectivity index (χ3n) is 4.74. The quantitative estimate of drug-likeness (QED) is 0.833. The molecule has 0 radical (unpaired) electrons. The number of urea groups is 1. The molecule has 0 atom stereocenters. The predicted octanol–water partition coefficient (Wildman–Crippen LogP) is 4.41. The van der Waals surface area contributed by atoms with Crippen LogP contribution < -0.4 is 5.32 Å². The van der Waals surface area contributed by atoms with E-state index in [0.29, 0.717) is 41.7 Å². The second-order valence-corrected chi connectivity index (χ2v) is 7.08. The van der Waals surface area contributed by atoms with Crippen LogP contribution in [0.15, 0.2) is 12.1 Å². The van der Waals surface area contributed by atoms with Crippen molar-refractivity contribution in [3.8, 4) is 0 Å². The maximum absolute atomic E-state index is 12.4. The molecule has 138 valence electrons. The van der Waals surface area contributed by atoms with Crippen molar-refractivity contribution in [3.63, 3.8) is 0 Å². The largest absolute Gasteiger partial charge is 0.343 e. The lowest BCUT2D eigenvalue weighted by atomic mass is 9.95. The smallest absolute Gasteiger partial charge is 0.321 e. The summed E-state index contributed by atoms with van der Waals surface area (Å²) >= 11 is 12.2. The number of hydrogen-bond acceptors (Lipinski definition) is 2. The van der Waals surface area contributed by atoms with E-state index in [1.54, 1.807) is 17.0 Å². The van der Waals surface area contributed by atoms with Crippen LogP contribution in [-0.2, 0) is 4.79 Å². The normalized spacial score (nSPS) is 15.2. The van der Waals surface area contributed by atoms with Gasteiger partial charge in [0.1, 0.15) is 0 Å². The highest BCUT2D eigenvalue weighted by Gasteiger charge is 2.29.